The van der Waals surface area contributed by atoms with Gasteiger partial charge in [0, 0.05) is 30.3 Å². The van der Waals surface area contributed by atoms with Gasteiger partial charge in [-0.1, -0.05) is 47.8 Å². The Morgan fingerprint density at radius 1 is 1.37 bits per heavy atom. The minimum absolute atomic E-state index is 0.0841. The van der Waals surface area contributed by atoms with Crippen LogP contribution >= 0.6 is 35.2 Å². The van der Waals surface area contributed by atoms with Crippen molar-refractivity contribution in [3.8, 4) is 11.8 Å². The van der Waals surface area contributed by atoms with Crippen LogP contribution in [-0.4, -0.2) is 24.6 Å². The Morgan fingerprint density at radius 3 is 2.89 bits per heavy atom. The molecule has 0 atom stereocenters. The molecule has 3 aromatic rings. The maximum absolute atomic E-state index is 12.3. The number of aromatic amines is 1. The Bertz CT molecular complexity index is 1080. The summed E-state index contributed by atoms with van der Waals surface area (Å²) in [6.07, 6.45) is 2.02. The van der Waals surface area contributed by atoms with E-state index in [1.165, 1.54) is 11.3 Å². The molecule has 1 aromatic carbocycles. The molecule has 2 aromatic heterocycles. The highest BCUT2D eigenvalue weighted by Gasteiger charge is 2.10. The van der Waals surface area contributed by atoms with Crippen LogP contribution in [0.2, 0.25) is 5.02 Å². The molecule has 0 saturated carbocycles. The lowest BCUT2D eigenvalue weighted by Crippen LogP contribution is -2.24. The molecule has 4 nitrogen and oxygen atoms in total. The lowest BCUT2D eigenvalue weighted by Gasteiger charge is -2.06. The first-order valence-corrected chi connectivity index (χ1v) is 9.80. The van der Waals surface area contributed by atoms with E-state index in [0.717, 1.165) is 26.2 Å². The molecule has 7 heteroatoms. The Kier molecular flexibility index (Phi) is 6.64. The molecule has 2 heterocycles. The maximum atomic E-state index is 12.3. The highest BCUT2D eigenvalue weighted by atomic mass is 35.5. The molecule has 3 rings (SSSR count). The number of pyridine rings is 1. The molecular formula is C20H17ClN2O2S2. The van der Waals surface area contributed by atoms with Crippen molar-refractivity contribution in [1.29, 1.82) is 0 Å². The summed E-state index contributed by atoms with van der Waals surface area (Å²) in [6.45, 7) is 0.837. The summed E-state index contributed by atoms with van der Waals surface area (Å²) in [6, 6.07) is 9.33. The normalized spacial score (nSPS) is 10.4. The fourth-order valence-corrected chi connectivity index (χ4v) is 3.88. The van der Waals surface area contributed by atoms with Crippen molar-refractivity contribution in [1.82, 2.24) is 10.3 Å². The molecule has 138 valence electrons. The van der Waals surface area contributed by atoms with Gasteiger partial charge in [0.2, 0.25) is 5.91 Å². The lowest BCUT2D eigenvalue weighted by molar-refractivity contribution is -0.120. The third-order valence-corrected chi connectivity index (χ3v) is 5.54. The molecule has 0 aliphatic heterocycles. The van der Waals surface area contributed by atoms with Gasteiger partial charge in [0.25, 0.3) is 0 Å². The van der Waals surface area contributed by atoms with Crippen molar-refractivity contribution in [2.75, 3.05) is 13.7 Å². The molecule has 1 amide bonds. The first kappa shape index (κ1) is 19.6. The van der Waals surface area contributed by atoms with Crippen molar-refractivity contribution < 1.29 is 9.53 Å². The van der Waals surface area contributed by atoms with Crippen LogP contribution in [0.25, 0.3) is 10.2 Å². The van der Waals surface area contributed by atoms with Gasteiger partial charge in [-0.2, -0.15) is 0 Å². The molecule has 0 radical (unpaired) electrons. The number of amides is 1. The zero-order valence-corrected chi connectivity index (χ0v) is 17.0. The minimum atomic E-state index is -0.0841. The monoisotopic (exact) mass is 416 g/mol. The van der Waals surface area contributed by atoms with Gasteiger partial charge in [-0.05, 0) is 29.3 Å². The standard InChI is InChI=1S/C20H17ClN2O2S2/c1-25-8-2-3-16-10-17-19(26)14(12-23-20(17)27-16)9-18(24)22-11-13-4-6-15(21)7-5-13/h4-7,10,12H,8-9,11H2,1H3,(H,22,24)(H,23,26). The van der Waals surface area contributed by atoms with E-state index in [1.807, 2.05) is 18.2 Å². The molecule has 0 saturated heterocycles. The summed E-state index contributed by atoms with van der Waals surface area (Å²) in [5.41, 5.74) is 1.78. The van der Waals surface area contributed by atoms with Crippen LogP contribution in [0, 0.1) is 16.4 Å². The number of halogens is 1. The second-order valence-electron chi connectivity index (χ2n) is 5.81. The maximum Gasteiger partial charge on any atom is 0.224 e. The van der Waals surface area contributed by atoms with Crippen molar-refractivity contribution in [3.63, 3.8) is 0 Å². The number of fused-ring (bicyclic) bond motifs is 1. The summed E-state index contributed by atoms with van der Waals surface area (Å²) < 4.78 is 5.62. The molecular weight excluding hydrogens is 400 g/mol. The van der Waals surface area contributed by atoms with Crippen LogP contribution in [0.4, 0.5) is 0 Å². The first-order valence-electron chi connectivity index (χ1n) is 8.20. The first-order chi connectivity index (χ1) is 13.1. The zero-order valence-electron chi connectivity index (χ0n) is 14.6. The van der Waals surface area contributed by atoms with E-state index in [2.05, 4.69) is 22.1 Å². The molecule has 27 heavy (non-hydrogen) atoms. The van der Waals surface area contributed by atoms with Crippen molar-refractivity contribution >= 4 is 51.3 Å². The van der Waals surface area contributed by atoms with Crippen LogP contribution in [0.3, 0.4) is 0 Å². The van der Waals surface area contributed by atoms with Crippen molar-refractivity contribution in [2.45, 2.75) is 13.0 Å². The second kappa shape index (κ2) is 9.16. The van der Waals surface area contributed by atoms with Crippen LogP contribution < -0.4 is 5.32 Å². The van der Waals surface area contributed by atoms with Crippen molar-refractivity contribution in [3.05, 3.63) is 62.1 Å². The van der Waals surface area contributed by atoms with Crippen LogP contribution in [0.5, 0.6) is 0 Å². The number of rotatable bonds is 5. The topological polar surface area (TPSA) is 54.1 Å². The predicted octanol–water partition coefficient (Wildman–Crippen LogP) is 4.47. The molecule has 0 spiro atoms. The van der Waals surface area contributed by atoms with Crippen molar-refractivity contribution in [2.24, 2.45) is 0 Å². The van der Waals surface area contributed by atoms with Gasteiger partial charge in [0.1, 0.15) is 11.4 Å². The number of hydrogen-bond acceptors (Lipinski definition) is 4. The summed E-state index contributed by atoms with van der Waals surface area (Å²) in [5.74, 6) is 5.90. The van der Waals surface area contributed by atoms with Gasteiger partial charge >= 0.3 is 0 Å². The van der Waals surface area contributed by atoms with E-state index in [0.29, 0.717) is 22.7 Å². The number of carbonyl (C=O) groups is 1. The molecule has 0 bridgehead atoms. The fourth-order valence-electron chi connectivity index (χ4n) is 2.48. The highest BCUT2D eigenvalue weighted by molar-refractivity contribution is 7.71. The summed E-state index contributed by atoms with van der Waals surface area (Å²) in [5, 5.41) is 4.50. The molecule has 0 aliphatic rings. The van der Waals surface area contributed by atoms with E-state index >= 15 is 0 Å². The van der Waals surface area contributed by atoms with Gasteiger partial charge in [-0.25, -0.2) is 0 Å². The zero-order chi connectivity index (χ0) is 19.2. The summed E-state index contributed by atoms with van der Waals surface area (Å²) in [4.78, 5) is 17.4. The van der Waals surface area contributed by atoms with Gasteiger partial charge in [-0.3, -0.25) is 4.79 Å². The van der Waals surface area contributed by atoms with Crippen LogP contribution in [0.1, 0.15) is 16.0 Å². The van der Waals surface area contributed by atoms with Gasteiger partial charge < -0.3 is 15.0 Å². The number of methoxy groups -OCH3 is 1. The largest absolute Gasteiger partial charge is 0.372 e. The SMILES string of the molecule is COCC#Cc1cc2c(=S)c(CC(=O)NCc3ccc(Cl)cc3)c[nH]c2s1. The Labute approximate surface area is 171 Å². The quantitative estimate of drug-likeness (QED) is 0.476. The minimum Gasteiger partial charge on any atom is -0.372 e. The molecule has 2 N–H and O–H groups in total. The fraction of sp³-hybridized carbons (Fsp3) is 0.200. The van der Waals surface area contributed by atoms with Gasteiger partial charge in [0.05, 0.1) is 15.8 Å². The number of thiophene rings is 1. The third-order valence-electron chi connectivity index (χ3n) is 3.83. The molecule has 0 unspecified atom stereocenters. The average molecular weight is 417 g/mol. The number of benzene rings is 1. The van der Waals surface area contributed by atoms with Gasteiger partial charge in [-0.15, -0.1) is 11.3 Å². The highest BCUT2D eigenvalue weighted by Crippen LogP contribution is 2.25. The average Bonchev–Trinajstić information content (AvgIpc) is 3.08. The summed E-state index contributed by atoms with van der Waals surface area (Å²) in [7, 11) is 1.61. The Hall–Kier alpha value is -2.17. The Balaban J connectivity index is 1.70. The predicted molar refractivity (Wildman–Crippen MR) is 113 cm³/mol. The Morgan fingerprint density at radius 2 is 2.15 bits per heavy atom. The molecule has 0 aliphatic carbocycles. The second-order valence-corrected chi connectivity index (χ2v) is 7.71. The number of aromatic nitrogens is 1. The smallest absolute Gasteiger partial charge is 0.224 e. The third kappa shape index (κ3) is 5.18. The number of hydrogen-bond donors (Lipinski definition) is 2. The van der Waals surface area contributed by atoms with E-state index < -0.39 is 0 Å². The van der Waals surface area contributed by atoms with E-state index in [9.17, 15) is 4.79 Å². The lowest BCUT2D eigenvalue weighted by atomic mass is 10.1. The van der Waals surface area contributed by atoms with Crippen LogP contribution in [0.15, 0.2) is 36.5 Å². The van der Waals surface area contributed by atoms with Crippen LogP contribution in [-0.2, 0) is 22.5 Å². The molecule has 0 fully saturated rings. The number of nitrogens with one attached hydrogen (secondary N) is 2. The van der Waals surface area contributed by atoms with Gasteiger partial charge in [0.15, 0.2) is 0 Å². The van der Waals surface area contributed by atoms with E-state index in [4.69, 9.17) is 28.6 Å². The number of ether oxygens (including phenoxy) is 1. The number of carbonyl (C=O) groups excluding carboxylic acids is 1. The summed E-state index contributed by atoms with van der Waals surface area (Å²) >= 11 is 13.0. The van der Waals surface area contributed by atoms with E-state index in [1.54, 1.807) is 25.4 Å². The number of H-pyrrole nitrogens is 1. The van der Waals surface area contributed by atoms with E-state index in [-0.39, 0.29) is 12.3 Å².